The molecule has 0 radical (unpaired) electrons. The van der Waals surface area contributed by atoms with Crippen LogP contribution in [0.1, 0.15) is 32.6 Å². The molecule has 126 valence electrons. The second-order valence-corrected chi connectivity index (χ2v) is 5.97. The molecule has 1 aromatic rings. The lowest BCUT2D eigenvalue weighted by atomic mass is 9.85. The summed E-state index contributed by atoms with van der Waals surface area (Å²) in [6.07, 6.45) is 3.72. The van der Waals surface area contributed by atoms with Crippen LogP contribution in [0.5, 0.6) is 5.75 Å². The van der Waals surface area contributed by atoms with Crippen LogP contribution in [-0.2, 0) is 9.59 Å². The predicted molar refractivity (Wildman–Crippen MR) is 89.2 cm³/mol. The molecule has 0 spiro atoms. The van der Waals surface area contributed by atoms with Crippen molar-refractivity contribution in [2.45, 2.75) is 38.6 Å². The number of benzene rings is 1. The molecule has 0 bridgehead atoms. The van der Waals surface area contributed by atoms with Gasteiger partial charge in [-0.05, 0) is 31.4 Å². The molecule has 6 heteroatoms. The first-order valence-electron chi connectivity index (χ1n) is 8.08. The Balaban J connectivity index is 1.70. The molecule has 1 aromatic carbocycles. The maximum atomic E-state index is 12.1. The summed E-state index contributed by atoms with van der Waals surface area (Å²) in [5, 5.41) is 5.60. The second kappa shape index (κ2) is 8.53. The van der Waals surface area contributed by atoms with E-state index in [1.165, 1.54) is 6.92 Å². The molecule has 2 atom stereocenters. The van der Waals surface area contributed by atoms with E-state index in [-0.39, 0.29) is 23.8 Å². The van der Waals surface area contributed by atoms with Gasteiger partial charge in [0.25, 0.3) is 0 Å². The van der Waals surface area contributed by atoms with Crippen molar-refractivity contribution in [3.05, 3.63) is 24.3 Å². The fraction of sp³-hybridized carbons (Fsp3) is 0.529. The average molecular weight is 319 g/mol. The molecular formula is C17H25N3O3. The van der Waals surface area contributed by atoms with Gasteiger partial charge >= 0.3 is 0 Å². The standard InChI is InChI=1S/C17H25N3O3/c1-12(21)20-15-6-3-7-16(11-15)23-9-8-19-17(22)13-4-2-5-14(18)10-13/h3,6-7,11,13-14H,2,4-5,8-10,18H2,1H3,(H,19,22)(H,20,21). The van der Waals surface area contributed by atoms with E-state index >= 15 is 0 Å². The minimum atomic E-state index is -0.125. The number of hydrogen-bond acceptors (Lipinski definition) is 4. The molecule has 0 aromatic heterocycles. The number of nitrogens with two attached hydrogens (primary N) is 1. The van der Waals surface area contributed by atoms with Crippen LogP contribution >= 0.6 is 0 Å². The molecule has 2 amide bonds. The lowest BCUT2D eigenvalue weighted by Gasteiger charge is -2.25. The Labute approximate surface area is 136 Å². The summed E-state index contributed by atoms with van der Waals surface area (Å²) in [7, 11) is 0. The number of amides is 2. The summed E-state index contributed by atoms with van der Waals surface area (Å²) in [4.78, 5) is 23.1. The number of hydrogen-bond donors (Lipinski definition) is 3. The molecule has 0 heterocycles. The smallest absolute Gasteiger partial charge is 0.223 e. The zero-order chi connectivity index (χ0) is 16.7. The highest BCUT2D eigenvalue weighted by Crippen LogP contribution is 2.23. The first kappa shape index (κ1) is 17.3. The normalized spacial score (nSPS) is 20.6. The van der Waals surface area contributed by atoms with Crippen molar-refractivity contribution >= 4 is 17.5 Å². The number of anilines is 1. The van der Waals surface area contributed by atoms with Crippen LogP contribution < -0.4 is 21.1 Å². The van der Waals surface area contributed by atoms with E-state index in [1.54, 1.807) is 12.1 Å². The summed E-state index contributed by atoms with van der Waals surface area (Å²) in [5.41, 5.74) is 6.60. The Morgan fingerprint density at radius 3 is 2.91 bits per heavy atom. The van der Waals surface area contributed by atoms with Crippen LogP contribution in [0, 0.1) is 5.92 Å². The van der Waals surface area contributed by atoms with E-state index < -0.39 is 0 Å². The van der Waals surface area contributed by atoms with Gasteiger partial charge in [-0.15, -0.1) is 0 Å². The first-order chi connectivity index (χ1) is 11.0. The van der Waals surface area contributed by atoms with Gasteiger partial charge < -0.3 is 21.1 Å². The largest absolute Gasteiger partial charge is 0.492 e. The fourth-order valence-electron chi connectivity index (χ4n) is 2.82. The Kier molecular flexibility index (Phi) is 6.40. The van der Waals surface area contributed by atoms with Crippen LogP contribution in [-0.4, -0.2) is 31.0 Å². The maximum absolute atomic E-state index is 12.1. The SMILES string of the molecule is CC(=O)Nc1cccc(OCCNC(=O)C2CCCC(N)C2)c1. The second-order valence-electron chi connectivity index (χ2n) is 5.97. The van der Waals surface area contributed by atoms with E-state index in [0.717, 1.165) is 25.7 Å². The van der Waals surface area contributed by atoms with E-state index in [9.17, 15) is 9.59 Å². The number of ether oxygens (including phenoxy) is 1. The molecule has 6 nitrogen and oxygen atoms in total. The zero-order valence-electron chi connectivity index (χ0n) is 13.5. The van der Waals surface area contributed by atoms with Crippen molar-refractivity contribution in [1.29, 1.82) is 0 Å². The minimum Gasteiger partial charge on any atom is -0.492 e. The van der Waals surface area contributed by atoms with Gasteiger partial charge in [-0.1, -0.05) is 12.5 Å². The fourth-order valence-corrected chi connectivity index (χ4v) is 2.82. The van der Waals surface area contributed by atoms with Crippen molar-refractivity contribution in [2.24, 2.45) is 11.7 Å². The lowest BCUT2D eigenvalue weighted by molar-refractivity contribution is -0.126. The van der Waals surface area contributed by atoms with E-state index in [0.29, 0.717) is 24.6 Å². The molecule has 1 aliphatic carbocycles. The van der Waals surface area contributed by atoms with Crippen molar-refractivity contribution in [3.63, 3.8) is 0 Å². The maximum Gasteiger partial charge on any atom is 0.223 e. The number of nitrogens with one attached hydrogen (secondary N) is 2. The molecule has 1 aliphatic rings. The third kappa shape index (κ3) is 5.90. The highest BCUT2D eigenvalue weighted by molar-refractivity contribution is 5.88. The number of carbonyl (C=O) groups is 2. The molecule has 4 N–H and O–H groups in total. The topological polar surface area (TPSA) is 93.5 Å². The van der Waals surface area contributed by atoms with Gasteiger partial charge in [0.1, 0.15) is 12.4 Å². The van der Waals surface area contributed by atoms with Crippen LogP contribution in [0.25, 0.3) is 0 Å². The Hall–Kier alpha value is -2.08. The quantitative estimate of drug-likeness (QED) is 0.695. The summed E-state index contributed by atoms with van der Waals surface area (Å²) in [5.74, 6) is 0.628. The first-order valence-corrected chi connectivity index (χ1v) is 8.08. The summed E-state index contributed by atoms with van der Waals surface area (Å²) >= 11 is 0. The van der Waals surface area contributed by atoms with Crippen molar-refractivity contribution in [3.8, 4) is 5.75 Å². The van der Waals surface area contributed by atoms with Gasteiger partial charge in [-0.2, -0.15) is 0 Å². The van der Waals surface area contributed by atoms with Crippen molar-refractivity contribution in [2.75, 3.05) is 18.5 Å². The minimum absolute atomic E-state index is 0.0295. The Morgan fingerprint density at radius 2 is 2.17 bits per heavy atom. The lowest BCUT2D eigenvalue weighted by Crippen LogP contribution is -2.39. The highest BCUT2D eigenvalue weighted by atomic mass is 16.5. The van der Waals surface area contributed by atoms with Crippen molar-refractivity contribution < 1.29 is 14.3 Å². The molecule has 23 heavy (non-hydrogen) atoms. The number of rotatable bonds is 6. The summed E-state index contributed by atoms with van der Waals surface area (Å²) in [6, 6.07) is 7.31. The summed E-state index contributed by atoms with van der Waals surface area (Å²) < 4.78 is 5.60. The molecule has 1 fully saturated rings. The molecule has 0 aliphatic heterocycles. The van der Waals surface area contributed by atoms with Crippen LogP contribution in [0.15, 0.2) is 24.3 Å². The van der Waals surface area contributed by atoms with Gasteiger partial charge in [0, 0.05) is 30.6 Å². The van der Waals surface area contributed by atoms with E-state index in [1.807, 2.05) is 12.1 Å². The van der Waals surface area contributed by atoms with E-state index in [2.05, 4.69) is 10.6 Å². The van der Waals surface area contributed by atoms with Crippen LogP contribution in [0.4, 0.5) is 5.69 Å². The van der Waals surface area contributed by atoms with Gasteiger partial charge in [0.15, 0.2) is 0 Å². The molecule has 0 saturated heterocycles. The van der Waals surface area contributed by atoms with Crippen LogP contribution in [0.2, 0.25) is 0 Å². The van der Waals surface area contributed by atoms with Gasteiger partial charge in [-0.25, -0.2) is 0 Å². The van der Waals surface area contributed by atoms with Crippen LogP contribution in [0.3, 0.4) is 0 Å². The van der Waals surface area contributed by atoms with Crippen molar-refractivity contribution in [1.82, 2.24) is 5.32 Å². The third-order valence-electron chi connectivity index (χ3n) is 3.91. The Morgan fingerprint density at radius 1 is 1.35 bits per heavy atom. The Bertz CT molecular complexity index is 548. The molecule has 1 saturated carbocycles. The zero-order valence-corrected chi connectivity index (χ0v) is 13.5. The molecular weight excluding hydrogens is 294 g/mol. The summed E-state index contributed by atoms with van der Waals surface area (Å²) in [6.45, 7) is 2.29. The third-order valence-corrected chi connectivity index (χ3v) is 3.91. The average Bonchev–Trinajstić information content (AvgIpc) is 2.51. The predicted octanol–water partition coefficient (Wildman–Crippen LogP) is 1.66. The molecule has 2 unspecified atom stereocenters. The number of carbonyl (C=O) groups excluding carboxylic acids is 2. The van der Waals surface area contributed by atoms with Gasteiger partial charge in [-0.3, -0.25) is 9.59 Å². The van der Waals surface area contributed by atoms with Gasteiger partial charge in [0.05, 0.1) is 6.54 Å². The van der Waals surface area contributed by atoms with E-state index in [4.69, 9.17) is 10.5 Å². The monoisotopic (exact) mass is 319 g/mol. The molecule has 2 rings (SSSR count). The highest BCUT2D eigenvalue weighted by Gasteiger charge is 2.24. The van der Waals surface area contributed by atoms with Gasteiger partial charge in [0.2, 0.25) is 11.8 Å².